The van der Waals surface area contributed by atoms with E-state index < -0.39 is 0 Å². The van der Waals surface area contributed by atoms with Gasteiger partial charge in [-0.25, -0.2) is 0 Å². The summed E-state index contributed by atoms with van der Waals surface area (Å²) in [6, 6.07) is 15.7. The molecule has 0 radical (unpaired) electrons. The number of ether oxygens (including phenoxy) is 2. The SMILES string of the molecule is COc1ccc(CCN=C(Cc2ccccc2)C2=C(O)CC(C)(C)CC2=O)cc1OC. The maximum Gasteiger partial charge on any atom is 0.168 e. The molecular weight excluding hydrogens is 390 g/mol. The highest BCUT2D eigenvalue weighted by Gasteiger charge is 2.35. The number of nitrogens with zero attached hydrogens (tertiary/aromatic N) is 1. The van der Waals surface area contributed by atoms with Crippen molar-refractivity contribution in [2.45, 2.75) is 39.5 Å². The van der Waals surface area contributed by atoms with E-state index in [1.54, 1.807) is 14.2 Å². The van der Waals surface area contributed by atoms with Crippen molar-refractivity contribution in [3.63, 3.8) is 0 Å². The van der Waals surface area contributed by atoms with Crippen molar-refractivity contribution in [1.82, 2.24) is 0 Å². The van der Waals surface area contributed by atoms with Crippen molar-refractivity contribution in [3.8, 4) is 11.5 Å². The van der Waals surface area contributed by atoms with Gasteiger partial charge in [0.2, 0.25) is 0 Å². The minimum atomic E-state index is -0.234. The van der Waals surface area contributed by atoms with Gasteiger partial charge >= 0.3 is 0 Å². The Labute approximate surface area is 184 Å². The number of aliphatic hydroxyl groups is 1. The van der Waals surface area contributed by atoms with Gasteiger partial charge in [0.15, 0.2) is 17.3 Å². The molecule has 0 amide bonds. The molecule has 0 aromatic heterocycles. The van der Waals surface area contributed by atoms with Crippen LogP contribution in [-0.2, 0) is 17.6 Å². The molecule has 2 aromatic rings. The Morgan fingerprint density at radius 2 is 1.71 bits per heavy atom. The van der Waals surface area contributed by atoms with Gasteiger partial charge in [-0.05, 0) is 35.1 Å². The molecule has 0 atom stereocenters. The minimum absolute atomic E-state index is 0.0328. The van der Waals surface area contributed by atoms with Crippen molar-refractivity contribution in [1.29, 1.82) is 0 Å². The van der Waals surface area contributed by atoms with Gasteiger partial charge in [0, 0.05) is 25.8 Å². The van der Waals surface area contributed by atoms with E-state index >= 15 is 0 Å². The van der Waals surface area contributed by atoms with Crippen LogP contribution in [0, 0.1) is 5.41 Å². The Balaban J connectivity index is 1.86. The Kier molecular flexibility index (Phi) is 7.16. The Morgan fingerprint density at radius 3 is 2.35 bits per heavy atom. The molecular formula is C26H31NO4. The van der Waals surface area contributed by atoms with Gasteiger partial charge in [-0.15, -0.1) is 0 Å². The summed E-state index contributed by atoms with van der Waals surface area (Å²) in [5.74, 6) is 1.49. The van der Waals surface area contributed by atoms with E-state index in [0.717, 1.165) is 11.1 Å². The number of hydrogen-bond donors (Lipinski definition) is 1. The predicted molar refractivity (Wildman–Crippen MR) is 123 cm³/mol. The van der Waals surface area contributed by atoms with Crippen molar-refractivity contribution < 1.29 is 19.4 Å². The maximum absolute atomic E-state index is 12.9. The predicted octanol–water partition coefficient (Wildman–Crippen LogP) is 5.13. The third kappa shape index (κ3) is 5.75. The fourth-order valence-electron chi connectivity index (χ4n) is 3.98. The van der Waals surface area contributed by atoms with Crippen molar-refractivity contribution in [3.05, 3.63) is 71.0 Å². The van der Waals surface area contributed by atoms with Crippen molar-refractivity contribution in [2.75, 3.05) is 20.8 Å². The maximum atomic E-state index is 12.9. The monoisotopic (exact) mass is 421 g/mol. The molecule has 0 fully saturated rings. The number of hydrogen-bond acceptors (Lipinski definition) is 5. The Hall–Kier alpha value is -3.08. The molecule has 0 heterocycles. The number of Topliss-reactive ketones (excluding diaryl/α,β-unsaturated/α-hetero) is 1. The fourth-order valence-corrected chi connectivity index (χ4v) is 3.98. The lowest BCUT2D eigenvalue weighted by Crippen LogP contribution is -2.30. The van der Waals surface area contributed by atoms with Gasteiger partial charge in [0.25, 0.3) is 0 Å². The number of benzene rings is 2. The van der Waals surface area contributed by atoms with E-state index in [1.165, 1.54) is 0 Å². The lowest BCUT2D eigenvalue weighted by Gasteiger charge is -2.30. The van der Waals surface area contributed by atoms with Crippen molar-refractivity contribution in [2.24, 2.45) is 10.4 Å². The average Bonchev–Trinajstić information content (AvgIpc) is 2.72. The summed E-state index contributed by atoms with van der Waals surface area (Å²) in [6.45, 7) is 4.51. The molecule has 0 unspecified atom stereocenters. The summed E-state index contributed by atoms with van der Waals surface area (Å²) in [6.07, 6.45) is 2.10. The first-order valence-corrected chi connectivity index (χ1v) is 10.6. The second-order valence-corrected chi connectivity index (χ2v) is 8.69. The first kappa shape index (κ1) is 22.6. The molecule has 31 heavy (non-hydrogen) atoms. The molecule has 5 nitrogen and oxygen atoms in total. The largest absolute Gasteiger partial charge is 0.511 e. The summed E-state index contributed by atoms with van der Waals surface area (Å²) < 4.78 is 10.7. The molecule has 1 aliphatic carbocycles. The van der Waals surface area contributed by atoms with Gasteiger partial charge in [-0.3, -0.25) is 9.79 Å². The first-order chi connectivity index (χ1) is 14.8. The summed E-state index contributed by atoms with van der Waals surface area (Å²) in [7, 11) is 3.23. The number of rotatable bonds is 8. The normalized spacial score (nSPS) is 16.4. The average molecular weight is 422 g/mol. The molecule has 0 saturated carbocycles. The van der Waals surface area contributed by atoms with E-state index in [4.69, 9.17) is 14.5 Å². The van der Waals surface area contributed by atoms with Crippen LogP contribution in [0.5, 0.6) is 11.5 Å². The first-order valence-electron chi connectivity index (χ1n) is 10.6. The lowest BCUT2D eigenvalue weighted by atomic mass is 9.75. The van der Waals surface area contributed by atoms with E-state index in [0.29, 0.717) is 55.0 Å². The molecule has 3 rings (SSSR count). The van der Waals surface area contributed by atoms with Crippen LogP contribution in [0.1, 0.15) is 37.8 Å². The summed E-state index contributed by atoms with van der Waals surface area (Å²) in [5, 5.41) is 10.7. The molecule has 1 N–H and O–H groups in total. The van der Waals surface area contributed by atoms with Gasteiger partial charge in [0.05, 0.1) is 25.5 Å². The smallest absolute Gasteiger partial charge is 0.168 e. The molecule has 5 heteroatoms. The van der Waals surface area contributed by atoms with Crippen LogP contribution < -0.4 is 9.47 Å². The van der Waals surface area contributed by atoms with E-state index in [1.807, 2.05) is 62.4 Å². The Bertz CT molecular complexity index is 990. The number of aliphatic hydroxyl groups excluding tert-OH is 1. The quantitative estimate of drug-likeness (QED) is 0.600. The highest BCUT2D eigenvalue weighted by molar-refractivity contribution is 6.23. The summed E-state index contributed by atoms with van der Waals surface area (Å²) >= 11 is 0. The molecule has 0 aliphatic heterocycles. The van der Waals surface area contributed by atoms with Gasteiger partial charge in [-0.2, -0.15) is 0 Å². The van der Waals surface area contributed by atoms with E-state index in [-0.39, 0.29) is 17.0 Å². The van der Waals surface area contributed by atoms with Crippen LogP contribution >= 0.6 is 0 Å². The Morgan fingerprint density at radius 1 is 1.00 bits per heavy atom. The zero-order chi connectivity index (χ0) is 22.4. The third-order valence-corrected chi connectivity index (χ3v) is 5.51. The lowest BCUT2D eigenvalue weighted by molar-refractivity contribution is -0.117. The minimum Gasteiger partial charge on any atom is -0.511 e. The van der Waals surface area contributed by atoms with Crippen LogP contribution in [0.2, 0.25) is 0 Å². The van der Waals surface area contributed by atoms with Gasteiger partial charge < -0.3 is 14.6 Å². The topological polar surface area (TPSA) is 68.1 Å². The van der Waals surface area contributed by atoms with Crippen LogP contribution in [0.3, 0.4) is 0 Å². The third-order valence-electron chi connectivity index (χ3n) is 5.51. The fraction of sp³-hybridized carbons (Fsp3) is 0.385. The molecule has 0 spiro atoms. The number of carbonyl (C=O) groups is 1. The number of allylic oxidation sites excluding steroid dienone is 2. The van der Waals surface area contributed by atoms with E-state index in [9.17, 15) is 9.90 Å². The molecule has 1 aliphatic rings. The van der Waals surface area contributed by atoms with Crippen LogP contribution in [0.4, 0.5) is 0 Å². The molecule has 0 saturated heterocycles. The second kappa shape index (κ2) is 9.82. The standard InChI is InChI=1S/C26H31NO4/c1-26(2)16-21(28)25(22(29)17-26)20(14-18-8-6-5-7-9-18)27-13-12-19-10-11-23(30-3)24(15-19)31-4/h5-11,15,28H,12-14,16-17H2,1-4H3. The summed E-state index contributed by atoms with van der Waals surface area (Å²) in [5.41, 5.74) is 2.95. The number of carbonyl (C=O) groups excluding carboxylic acids is 1. The second-order valence-electron chi connectivity index (χ2n) is 8.69. The zero-order valence-corrected chi connectivity index (χ0v) is 18.8. The molecule has 0 bridgehead atoms. The summed E-state index contributed by atoms with van der Waals surface area (Å²) in [4.78, 5) is 17.7. The van der Waals surface area contributed by atoms with Crippen LogP contribution in [0.25, 0.3) is 0 Å². The molecule has 2 aromatic carbocycles. The van der Waals surface area contributed by atoms with Gasteiger partial charge in [-0.1, -0.05) is 50.2 Å². The van der Waals surface area contributed by atoms with Crippen LogP contribution in [-0.4, -0.2) is 37.4 Å². The van der Waals surface area contributed by atoms with Gasteiger partial charge in [0.1, 0.15) is 5.76 Å². The zero-order valence-electron chi connectivity index (χ0n) is 18.8. The van der Waals surface area contributed by atoms with Crippen molar-refractivity contribution >= 4 is 11.5 Å². The highest BCUT2D eigenvalue weighted by Crippen LogP contribution is 2.36. The highest BCUT2D eigenvalue weighted by atomic mass is 16.5. The number of ketones is 1. The number of methoxy groups -OCH3 is 2. The van der Waals surface area contributed by atoms with Crippen LogP contribution in [0.15, 0.2) is 64.9 Å². The van der Waals surface area contributed by atoms with E-state index in [2.05, 4.69) is 0 Å². The molecule has 164 valence electrons. The number of aliphatic imine (C=N–C) groups is 1.